The standard InChI is InChI=1S/C20H25N5O3/c1-3-17(26)25-8-6-14(7-9-25)28-16-11-22-19-18(24-16)15(10-21-19)20(27)23-12(2)13-4-5-13/h3,10-14H,1,4-9H2,2H3,(H,21,22)(H,23,27). The van der Waals surface area contributed by atoms with Gasteiger partial charge in [0.05, 0.1) is 11.8 Å². The first kappa shape index (κ1) is 18.5. The van der Waals surface area contributed by atoms with Crippen LogP contribution in [0.3, 0.4) is 0 Å². The van der Waals surface area contributed by atoms with E-state index in [2.05, 4.69) is 26.8 Å². The lowest BCUT2D eigenvalue weighted by molar-refractivity contribution is -0.127. The third-order valence-corrected chi connectivity index (χ3v) is 5.51. The molecule has 2 N–H and O–H groups in total. The second-order valence-electron chi connectivity index (χ2n) is 7.55. The lowest BCUT2D eigenvalue weighted by atomic mass is 10.1. The third-order valence-electron chi connectivity index (χ3n) is 5.51. The minimum absolute atomic E-state index is 0.0354. The molecule has 2 aromatic rings. The van der Waals surface area contributed by atoms with Crippen molar-refractivity contribution in [2.24, 2.45) is 5.92 Å². The van der Waals surface area contributed by atoms with E-state index in [1.54, 1.807) is 17.3 Å². The van der Waals surface area contributed by atoms with Crippen molar-refractivity contribution in [3.63, 3.8) is 0 Å². The van der Waals surface area contributed by atoms with Crippen molar-refractivity contribution >= 4 is 23.0 Å². The van der Waals surface area contributed by atoms with Gasteiger partial charge in [0, 0.05) is 38.2 Å². The molecule has 2 fully saturated rings. The van der Waals surface area contributed by atoms with Gasteiger partial charge in [-0.2, -0.15) is 0 Å². The number of rotatable bonds is 6. The fourth-order valence-electron chi connectivity index (χ4n) is 3.60. The molecule has 1 aliphatic carbocycles. The Morgan fingerprint density at radius 3 is 2.79 bits per heavy atom. The van der Waals surface area contributed by atoms with Gasteiger partial charge in [-0.15, -0.1) is 0 Å². The Labute approximate surface area is 163 Å². The van der Waals surface area contributed by atoms with Crippen LogP contribution in [0.25, 0.3) is 11.2 Å². The molecule has 1 aliphatic heterocycles. The van der Waals surface area contributed by atoms with Crippen molar-refractivity contribution < 1.29 is 14.3 Å². The predicted molar refractivity (Wildman–Crippen MR) is 104 cm³/mol. The fraction of sp³-hybridized carbons (Fsp3) is 0.500. The van der Waals surface area contributed by atoms with E-state index in [9.17, 15) is 9.59 Å². The van der Waals surface area contributed by atoms with Gasteiger partial charge in [-0.25, -0.2) is 9.97 Å². The summed E-state index contributed by atoms with van der Waals surface area (Å²) >= 11 is 0. The molecule has 8 nitrogen and oxygen atoms in total. The molecule has 3 heterocycles. The summed E-state index contributed by atoms with van der Waals surface area (Å²) in [5.74, 6) is 0.777. The molecule has 1 saturated heterocycles. The molecule has 2 aliphatic rings. The van der Waals surface area contributed by atoms with Gasteiger partial charge in [0.25, 0.3) is 5.91 Å². The van der Waals surface area contributed by atoms with Gasteiger partial charge in [0.1, 0.15) is 11.6 Å². The number of H-pyrrole nitrogens is 1. The number of likely N-dealkylation sites (tertiary alicyclic amines) is 1. The summed E-state index contributed by atoms with van der Waals surface area (Å²) in [6.45, 7) is 6.81. The first-order chi connectivity index (χ1) is 13.5. The van der Waals surface area contributed by atoms with Crippen LogP contribution in [0.5, 0.6) is 5.88 Å². The number of nitrogens with one attached hydrogen (secondary N) is 2. The van der Waals surface area contributed by atoms with Crippen molar-refractivity contribution in [3.8, 4) is 5.88 Å². The predicted octanol–water partition coefficient (Wildman–Crippen LogP) is 2.04. The summed E-state index contributed by atoms with van der Waals surface area (Å²) < 4.78 is 5.98. The molecule has 2 amide bonds. The van der Waals surface area contributed by atoms with Crippen molar-refractivity contribution in [2.75, 3.05) is 13.1 Å². The summed E-state index contributed by atoms with van der Waals surface area (Å²) in [5, 5.41) is 3.05. The SMILES string of the molecule is C=CC(=O)N1CCC(Oc2cnc3[nH]cc(C(=O)NC(C)C4CC4)c3n2)CC1. The van der Waals surface area contributed by atoms with Gasteiger partial charge in [0.2, 0.25) is 11.8 Å². The van der Waals surface area contributed by atoms with Crippen LogP contribution in [0.2, 0.25) is 0 Å². The van der Waals surface area contributed by atoms with E-state index in [1.807, 2.05) is 6.92 Å². The van der Waals surface area contributed by atoms with E-state index in [0.29, 0.717) is 41.6 Å². The van der Waals surface area contributed by atoms with Crippen molar-refractivity contribution in [1.82, 2.24) is 25.2 Å². The lowest BCUT2D eigenvalue weighted by Crippen LogP contribution is -2.41. The minimum Gasteiger partial charge on any atom is -0.473 e. The summed E-state index contributed by atoms with van der Waals surface area (Å²) in [4.78, 5) is 37.9. The zero-order chi connectivity index (χ0) is 19.7. The normalized spacial score (nSPS) is 18.7. The van der Waals surface area contributed by atoms with Gasteiger partial charge in [-0.05, 0) is 31.8 Å². The smallest absolute Gasteiger partial charge is 0.255 e. The van der Waals surface area contributed by atoms with Crippen molar-refractivity contribution in [3.05, 3.63) is 30.6 Å². The number of ether oxygens (including phenoxy) is 1. The number of aromatic amines is 1. The number of fused-ring (bicyclic) bond motifs is 1. The Balaban J connectivity index is 1.43. The molecule has 8 heteroatoms. The Hall–Kier alpha value is -2.90. The summed E-state index contributed by atoms with van der Waals surface area (Å²) in [5.41, 5.74) is 1.55. The Morgan fingerprint density at radius 1 is 1.36 bits per heavy atom. The van der Waals surface area contributed by atoms with E-state index in [-0.39, 0.29) is 24.0 Å². The van der Waals surface area contributed by atoms with Crippen LogP contribution in [-0.2, 0) is 4.79 Å². The second-order valence-corrected chi connectivity index (χ2v) is 7.55. The quantitative estimate of drug-likeness (QED) is 0.744. The van der Waals surface area contributed by atoms with E-state index in [1.165, 1.54) is 18.9 Å². The second kappa shape index (κ2) is 7.61. The average molecular weight is 383 g/mol. The van der Waals surface area contributed by atoms with Crippen LogP contribution < -0.4 is 10.1 Å². The number of aromatic nitrogens is 3. The van der Waals surface area contributed by atoms with Crippen LogP contribution in [0, 0.1) is 5.92 Å². The Kier molecular flexibility index (Phi) is 5.02. The highest BCUT2D eigenvalue weighted by atomic mass is 16.5. The van der Waals surface area contributed by atoms with E-state index < -0.39 is 0 Å². The average Bonchev–Trinajstić information content (AvgIpc) is 3.48. The first-order valence-corrected chi connectivity index (χ1v) is 9.78. The van der Waals surface area contributed by atoms with Crippen molar-refractivity contribution in [1.29, 1.82) is 0 Å². The maximum atomic E-state index is 12.6. The van der Waals surface area contributed by atoms with Gasteiger partial charge in [-0.3, -0.25) is 9.59 Å². The molecule has 0 spiro atoms. The number of amides is 2. The highest BCUT2D eigenvalue weighted by Crippen LogP contribution is 2.32. The summed E-state index contributed by atoms with van der Waals surface area (Å²) in [6.07, 6.45) is 8.29. The van der Waals surface area contributed by atoms with Gasteiger partial charge in [-0.1, -0.05) is 6.58 Å². The Bertz CT molecular complexity index is 896. The highest BCUT2D eigenvalue weighted by molar-refractivity contribution is 6.04. The number of carbonyl (C=O) groups is 2. The Morgan fingerprint density at radius 2 is 2.11 bits per heavy atom. The van der Waals surface area contributed by atoms with Gasteiger partial charge >= 0.3 is 0 Å². The van der Waals surface area contributed by atoms with Crippen LogP contribution in [-0.4, -0.2) is 56.9 Å². The molecule has 1 unspecified atom stereocenters. The van der Waals surface area contributed by atoms with E-state index in [0.717, 1.165) is 12.8 Å². The number of carbonyl (C=O) groups excluding carboxylic acids is 2. The largest absolute Gasteiger partial charge is 0.473 e. The molecular weight excluding hydrogens is 358 g/mol. The van der Waals surface area contributed by atoms with Crippen LogP contribution in [0.15, 0.2) is 25.0 Å². The van der Waals surface area contributed by atoms with E-state index in [4.69, 9.17) is 4.74 Å². The first-order valence-electron chi connectivity index (χ1n) is 9.78. The maximum Gasteiger partial charge on any atom is 0.255 e. The van der Waals surface area contributed by atoms with Gasteiger partial charge < -0.3 is 19.9 Å². The zero-order valence-electron chi connectivity index (χ0n) is 16.0. The molecule has 148 valence electrons. The molecule has 0 bridgehead atoms. The van der Waals surface area contributed by atoms with Crippen molar-refractivity contribution in [2.45, 2.75) is 44.8 Å². The molecular formula is C20H25N5O3. The molecule has 0 aromatic carbocycles. The maximum absolute atomic E-state index is 12.6. The zero-order valence-corrected chi connectivity index (χ0v) is 16.0. The van der Waals surface area contributed by atoms with Gasteiger partial charge in [0.15, 0.2) is 5.65 Å². The molecule has 1 saturated carbocycles. The summed E-state index contributed by atoms with van der Waals surface area (Å²) in [6, 6.07) is 0.160. The van der Waals surface area contributed by atoms with E-state index >= 15 is 0 Å². The summed E-state index contributed by atoms with van der Waals surface area (Å²) in [7, 11) is 0. The highest BCUT2D eigenvalue weighted by Gasteiger charge is 2.30. The number of nitrogens with zero attached hydrogens (tertiary/aromatic N) is 3. The molecule has 1 atom stereocenters. The number of hydrogen-bond donors (Lipinski definition) is 2. The minimum atomic E-state index is -0.145. The third kappa shape index (κ3) is 3.85. The fourth-order valence-corrected chi connectivity index (χ4v) is 3.60. The number of piperidine rings is 1. The lowest BCUT2D eigenvalue weighted by Gasteiger charge is -2.31. The molecule has 2 aromatic heterocycles. The van der Waals surface area contributed by atoms with Crippen LogP contribution in [0.4, 0.5) is 0 Å². The number of hydrogen-bond acceptors (Lipinski definition) is 5. The monoisotopic (exact) mass is 383 g/mol. The topological polar surface area (TPSA) is 100 Å². The van der Waals surface area contributed by atoms with Crippen LogP contribution in [0.1, 0.15) is 43.0 Å². The molecule has 28 heavy (non-hydrogen) atoms. The molecule has 0 radical (unpaired) electrons. The molecule has 4 rings (SSSR count). The van der Waals surface area contributed by atoms with Crippen LogP contribution >= 0.6 is 0 Å².